The Kier molecular flexibility index (Phi) is 4.52. The summed E-state index contributed by atoms with van der Waals surface area (Å²) >= 11 is 0. The molecule has 0 aliphatic carbocycles. The number of rotatable bonds is 5. The summed E-state index contributed by atoms with van der Waals surface area (Å²) in [6, 6.07) is 16.4. The molecular formula is C15H18N2O2. The molecule has 2 atom stereocenters. The van der Waals surface area contributed by atoms with E-state index in [-0.39, 0.29) is 6.54 Å². The lowest BCUT2D eigenvalue weighted by Gasteiger charge is -2.17. The van der Waals surface area contributed by atoms with Crippen LogP contribution in [0.1, 0.15) is 11.6 Å². The van der Waals surface area contributed by atoms with Crippen molar-refractivity contribution < 1.29 is 9.84 Å². The van der Waals surface area contributed by atoms with Crippen LogP contribution in [0.25, 0.3) is 0 Å². The Morgan fingerprint density at radius 3 is 2.11 bits per heavy atom. The van der Waals surface area contributed by atoms with Gasteiger partial charge >= 0.3 is 0 Å². The molecule has 0 saturated carbocycles. The summed E-state index contributed by atoms with van der Waals surface area (Å²) in [7, 11) is 0. The highest BCUT2D eigenvalue weighted by molar-refractivity contribution is 5.34. The van der Waals surface area contributed by atoms with Gasteiger partial charge in [0, 0.05) is 6.54 Å². The third kappa shape index (κ3) is 3.54. The van der Waals surface area contributed by atoms with Gasteiger partial charge in [0.05, 0.1) is 12.1 Å². The number of hydrogen-bond acceptors (Lipinski definition) is 4. The zero-order valence-corrected chi connectivity index (χ0v) is 10.6. The van der Waals surface area contributed by atoms with E-state index in [2.05, 4.69) is 0 Å². The lowest BCUT2D eigenvalue weighted by Crippen LogP contribution is -2.32. The van der Waals surface area contributed by atoms with Gasteiger partial charge < -0.3 is 21.3 Å². The number of aliphatic hydroxyl groups excluding tert-OH is 1. The maximum Gasteiger partial charge on any atom is 0.127 e. The molecule has 0 heterocycles. The van der Waals surface area contributed by atoms with Crippen LogP contribution in [0.3, 0.4) is 0 Å². The molecule has 0 aliphatic heterocycles. The molecule has 0 amide bonds. The largest absolute Gasteiger partial charge is 0.457 e. The summed E-state index contributed by atoms with van der Waals surface area (Å²) in [4.78, 5) is 0. The number of benzene rings is 2. The van der Waals surface area contributed by atoms with Crippen LogP contribution < -0.4 is 16.2 Å². The minimum atomic E-state index is -0.735. The topological polar surface area (TPSA) is 81.5 Å². The van der Waals surface area contributed by atoms with E-state index in [4.69, 9.17) is 16.2 Å². The van der Waals surface area contributed by atoms with Crippen LogP contribution in [-0.2, 0) is 0 Å². The maximum atomic E-state index is 9.60. The van der Waals surface area contributed by atoms with Crippen molar-refractivity contribution in [2.45, 2.75) is 12.1 Å². The van der Waals surface area contributed by atoms with E-state index in [0.717, 1.165) is 17.1 Å². The molecule has 5 N–H and O–H groups in total. The predicted octanol–water partition coefficient (Wildman–Crippen LogP) is 1.80. The van der Waals surface area contributed by atoms with E-state index in [9.17, 15) is 5.11 Å². The third-order valence-electron chi connectivity index (χ3n) is 2.90. The summed E-state index contributed by atoms with van der Waals surface area (Å²) in [6.07, 6.45) is -0.735. The SMILES string of the molecule is NCC(O)C(N)c1ccc(Oc2ccccc2)cc1. The number of hydrogen-bond donors (Lipinski definition) is 3. The van der Waals surface area contributed by atoms with Crippen molar-refractivity contribution in [3.63, 3.8) is 0 Å². The van der Waals surface area contributed by atoms with Gasteiger partial charge in [0.15, 0.2) is 0 Å². The zero-order chi connectivity index (χ0) is 13.7. The first-order valence-corrected chi connectivity index (χ1v) is 6.17. The van der Waals surface area contributed by atoms with Crippen LogP contribution >= 0.6 is 0 Å². The van der Waals surface area contributed by atoms with Gasteiger partial charge in [-0.25, -0.2) is 0 Å². The second-order valence-corrected chi connectivity index (χ2v) is 4.31. The Morgan fingerprint density at radius 2 is 1.53 bits per heavy atom. The molecule has 0 aromatic heterocycles. The smallest absolute Gasteiger partial charge is 0.127 e. The molecule has 0 radical (unpaired) electrons. The number of ether oxygens (including phenoxy) is 1. The van der Waals surface area contributed by atoms with Gasteiger partial charge in [-0.3, -0.25) is 0 Å². The number of nitrogens with two attached hydrogens (primary N) is 2. The number of aliphatic hydroxyl groups is 1. The molecule has 2 aromatic carbocycles. The van der Waals surface area contributed by atoms with Gasteiger partial charge in [-0.1, -0.05) is 30.3 Å². The molecule has 0 aliphatic rings. The van der Waals surface area contributed by atoms with Crippen LogP contribution in [0.2, 0.25) is 0 Å². The second kappa shape index (κ2) is 6.33. The fourth-order valence-electron chi connectivity index (χ4n) is 1.75. The molecule has 2 unspecified atom stereocenters. The Morgan fingerprint density at radius 1 is 0.947 bits per heavy atom. The Hall–Kier alpha value is -1.88. The van der Waals surface area contributed by atoms with Gasteiger partial charge in [0.2, 0.25) is 0 Å². The van der Waals surface area contributed by atoms with Gasteiger partial charge in [-0.2, -0.15) is 0 Å². The van der Waals surface area contributed by atoms with E-state index >= 15 is 0 Å². The summed E-state index contributed by atoms with van der Waals surface area (Å²) in [6.45, 7) is 0.142. The Bertz CT molecular complexity index is 499. The Labute approximate surface area is 112 Å². The first-order valence-electron chi connectivity index (χ1n) is 6.17. The Balaban J connectivity index is 2.06. The first kappa shape index (κ1) is 13.5. The summed E-state index contributed by atoms with van der Waals surface area (Å²) in [5, 5.41) is 9.60. The fourth-order valence-corrected chi connectivity index (χ4v) is 1.75. The highest BCUT2D eigenvalue weighted by Gasteiger charge is 2.14. The monoisotopic (exact) mass is 258 g/mol. The summed E-state index contributed by atoms with van der Waals surface area (Å²) in [5.41, 5.74) is 12.1. The third-order valence-corrected chi connectivity index (χ3v) is 2.90. The van der Waals surface area contributed by atoms with Crippen molar-refractivity contribution >= 4 is 0 Å². The van der Waals surface area contributed by atoms with Crippen molar-refractivity contribution in [1.82, 2.24) is 0 Å². The molecule has 0 bridgehead atoms. The van der Waals surface area contributed by atoms with Crippen molar-refractivity contribution in [3.8, 4) is 11.5 Å². The molecule has 100 valence electrons. The van der Waals surface area contributed by atoms with Crippen LogP contribution in [0.15, 0.2) is 54.6 Å². The second-order valence-electron chi connectivity index (χ2n) is 4.31. The average Bonchev–Trinajstić information content (AvgIpc) is 2.47. The highest BCUT2D eigenvalue weighted by Crippen LogP contribution is 2.23. The standard InChI is InChI=1S/C15H18N2O2/c16-10-14(18)15(17)11-6-8-13(9-7-11)19-12-4-2-1-3-5-12/h1-9,14-15,18H,10,16-17H2. The quantitative estimate of drug-likeness (QED) is 0.763. The molecular weight excluding hydrogens is 240 g/mol. The van der Waals surface area contributed by atoms with Crippen molar-refractivity contribution in [2.24, 2.45) is 11.5 Å². The lowest BCUT2D eigenvalue weighted by molar-refractivity contribution is 0.153. The van der Waals surface area contributed by atoms with Crippen molar-refractivity contribution in [3.05, 3.63) is 60.2 Å². The lowest BCUT2D eigenvalue weighted by atomic mass is 10.0. The van der Waals surface area contributed by atoms with Crippen LogP contribution in [-0.4, -0.2) is 17.8 Å². The van der Waals surface area contributed by atoms with Crippen LogP contribution in [0, 0.1) is 0 Å². The van der Waals surface area contributed by atoms with Gasteiger partial charge in [-0.05, 0) is 29.8 Å². The molecule has 0 spiro atoms. The van der Waals surface area contributed by atoms with Crippen molar-refractivity contribution in [2.75, 3.05) is 6.54 Å². The predicted molar refractivity (Wildman–Crippen MR) is 74.9 cm³/mol. The maximum absolute atomic E-state index is 9.60. The van der Waals surface area contributed by atoms with Gasteiger partial charge in [0.1, 0.15) is 11.5 Å². The van der Waals surface area contributed by atoms with Gasteiger partial charge in [0.25, 0.3) is 0 Å². The minimum Gasteiger partial charge on any atom is -0.457 e. The van der Waals surface area contributed by atoms with E-state index in [1.165, 1.54) is 0 Å². The molecule has 2 aromatic rings. The van der Waals surface area contributed by atoms with Crippen LogP contribution in [0.4, 0.5) is 0 Å². The van der Waals surface area contributed by atoms with Gasteiger partial charge in [-0.15, -0.1) is 0 Å². The van der Waals surface area contributed by atoms with E-state index in [0.29, 0.717) is 0 Å². The molecule has 0 fully saturated rings. The normalized spacial score (nSPS) is 13.8. The number of para-hydroxylation sites is 1. The van der Waals surface area contributed by atoms with E-state index in [1.54, 1.807) is 0 Å². The first-order chi connectivity index (χ1) is 9.20. The molecule has 19 heavy (non-hydrogen) atoms. The molecule has 2 rings (SSSR count). The summed E-state index contributed by atoms with van der Waals surface area (Å²) in [5.74, 6) is 1.51. The van der Waals surface area contributed by atoms with Crippen LogP contribution in [0.5, 0.6) is 11.5 Å². The van der Waals surface area contributed by atoms with E-state index in [1.807, 2.05) is 54.6 Å². The summed E-state index contributed by atoms with van der Waals surface area (Å²) < 4.78 is 5.67. The average molecular weight is 258 g/mol. The molecule has 0 saturated heterocycles. The molecule has 4 heteroatoms. The zero-order valence-electron chi connectivity index (χ0n) is 10.6. The van der Waals surface area contributed by atoms with E-state index < -0.39 is 12.1 Å². The fraction of sp³-hybridized carbons (Fsp3) is 0.200. The van der Waals surface area contributed by atoms with Crippen molar-refractivity contribution in [1.29, 1.82) is 0 Å². The minimum absolute atomic E-state index is 0.142. The highest BCUT2D eigenvalue weighted by atomic mass is 16.5. The molecule has 4 nitrogen and oxygen atoms in total.